The van der Waals surface area contributed by atoms with E-state index in [9.17, 15) is 4.79 Å². The number of furan rings is 1. The first-order chi connectivity index (χ1) is 14.7. The fraction of sp³-hybridized carbons (Fsp3) is 0.250. The first kappa shape index (κ1) is 18.1. The summed E-state index contributed by atoms with van der Waals surface area (Å²) in [5, 5.41) is 3.91. The number of hydrogen-bond donors (Lipinski definition) is 0. The Balaban J connectivity index is 1.27. The smallest absolute Gasteiger partial charge is 0.276 e. The van der Waals surface area contributed by atoms with Gasteiger partial charge in [0, 0.05) is 50.7 Å². The average Bonchev–Trinajstić information content (AvgIpc) is 3.55. The fourth-order valence-electron chi connectivity index (χ4n) is 3.44. The molecule has 1 aliphatic rings. The summed E-state index contributed by atoms with van der Waals surface area (Å²) in [5.41, 5.74) is 0.273. The molecule has 4 aromatic rings. The minimum atomic E-state index is -0.158. The van der Waals surface area contributed by atoms with Gasteiger partial charge in [-0.05, 0) is 19.1 Å². The molecule has 1 fully saturated rings. The molecule has 10 heteroatoms. The van der Waals surface area contributed by atoms with Crippen molar-refractivity contribution in [2.24, 2.45) is 0 Å². The number of nitrogens with zero attached hydrogens (tertiary/aromatic N) is 7. The topological polar surface area (TPSA) is 106 Å². The van der Waals surface area contributed by atoms with Crippen molar-refractivity contribution in [3.8, 4) is 17.3 Å². The van der Waals surface area contributed by atoms with E-state index in [0.29, 0.717) is 43.5 Å². The van der Waals surface area contributed by atoms with Crippen LogP contribution in [0.15, 0.2) is 58.2 Å². The Morgan fingerprint density at radius 3 is 2.63 bits per heavy atom. The second kappa shape index (κ2) is 7.47. The normalized spacial score (nSPS) is 14.3. The van der Waals surface area contributed by atoms with Crippen molar-refractivity contribution < 1.29 is 13.7 Å². The predicted octanol–water partition coefficient (Wildman–Crippen LogP) is 2.18. The van der Waals surface area contributed by atoms with E-state index in [1.807, 2.05) is 23.8 Å². The summed E-state index contributed by atoms with van der Waals surface area (Å²) < 4.78 is 12.4. The highest BCUT2D eigenvalue weighted by Gasteiger charge is 2.26. The molecule has 5 rings (SSSR count). The molecule has 10 nitrogen and oxygen atoms in total. The van der Waals surface area contributed by atoms with Crippen LogP contribution in [-0.2, 0) is 0 Å². The maximum Gasteiger partial charge on any atom is 0.276 e. The van der Waals surface area contributed by atoms with Crippen LogP contribution in [-0.4, -0.2) is 61.7 Å². The van der Waals surface area contributed by atoms with Crippen LogP contribution in [0.4, 0.5) is 5.82 Å². The summed E-state index contributed by atoms with van der Waals surface area (Å²) >= 11 is 0. The molecular weight excluding hydrogens is 386 g/mol. The number of anilines is 1. The van der Waals surface area contributed by atoms with Gasteiger partial charge in [-0.2, -0.15) is 0 Å². The van der Waals surface area contributed by atoms with E-state index in [0.717, 1.165) is 11.6 Å². The van der Waals surface area contributed by atoms with Gasteiger partial charge in [0.2, 0.25) is 5.76 Å². The lowest BCUT2D eigenvalue weighted by molar-refractivity contribution is 0.0736. The Hall–Kier alpha value is -3.95. The predicted molar refractivity (Wildman–Crippen MR) is 106 cm³/mol. The minimum absolute atomic E-state index is 0.158. The zero-order chi connectivity index (χ0) is 20.5. The van der Waals surface area contributed by atoms with Crippen LogP contribution in [0.25, 0.3) is 17.3 Å². The van der Waals surface area contributed by atoms with Gasteiger partial charge >= 0.3 is 0 Å². The molecule has 0 bridgehead atoms. The molecule has 4 aromatic heterocycles. The Labute approximate surface area is 171 Å². The third-order valence-electron chi connectivity index (χ3n) is 4.96. The molecule has 152 valence electrons. The number of carbonyl (C=O) groups is 1. The van der Waals surface area contributed by atoms with E-state index in [-0.39, 0.29) is 11.6 Å². The van der Waals surface area contributed by atoms with Crippen LogP contribution in [0.3, 0.4) is 0 Å². The number of aromatic nitrogens is 5. The maximum atomic E-state index is 12.8. The van der Waals surface area contributed by atoms with E-state index < -0.39 is 0 Å². The van der Waals surface area contributed by atoms with Gasteiger partial charge in [0.25, 0.3) is 5.91 Å². The van der Waals surface area contributed by atoms with Crippen molar-refractivity contribution in [2.45, 2.75) is 6.92 Å². The molecule has 0 radical (unpaired) electrons. The summed E-state index contributed by atoms with van der Waals surface area (Å²) in [5.74, 6) is 3.10. The number of carbonyl (C=O) groups excluding carboxylic acids is 1. The number of aryl methyl sites for hydroxylation is 1. The molecule has 1 amide bonds. The molecule has 1 saturated heterocycles. The number of hydrogen-bond acceptors (Lipinski definition) is 8. The summed E-state index contributed by atoms with van der Waals surface area (Å²) in [6.45, 7) is 4.31. The Morgan fingerprint density at radius 1 is 1.07 bits per heavy atom. The van der Waals surface area contributed by atoms with E-state index in [1.165, 1.54) is 0 Å². The highest BCUT2D eigenvalue weighted by atomic mass is 16.5. The lowest BCUT2D eigenvalue weighted by Gasteiger charge is -2.35. The van der Waals surface area contributed by atoms with Crippen LogP contribution < -0.4 is 4.90 Å². The average molecular weight is 405 g/mol. The second-order valence-corrected chi connectivity index (χ2v) is 6.93. The molecule has 0 aromatic carbocycles. The minimum Gasteiger partial charge on any atom is -0.461 e. The molecule has 0 saturated carbocycles. The molecule has 5 heterocycles. The SMILES string of the molecule is Cc1nc(N2CCN(C(=O)c3cc(-c4ccco4)on3)CC2)cc(-n2ccnc2)n1. The van der Waals surface area contributed by atoms with Crippen molar-refractivity contribution in [2.75, 3.05) is 31.1 Å². The van der Waals surface area contributed by atoms with Gasteiger partial charge in [0.15, 0.2) is 11.5 Å². The summed E-state index contributed by atoms with van der Waals surface area (Å²) in [6.07, 6.45) is 6.81. The van der Waals surface area contributed by atoms with Crippen molar-refractivity contribution in [3.05, 3.63) is 60.8 Å². The third kappa shape index (κ3) is 3.43. The van der Waals surface area contributed by atoms with Gasteiger partial charge in [0.1, 0.15) is 23.8 Å². The highest BCUT2D eigenvalue weighted by molar-refractivity contribution is 5.93. The first-order valence-electron chi connectivity index (χ1n) is 9.56. The molecule has 0 spiro atoms. The van der Waals surface area contributed by atoms with E-state index in [4.69, 9.17) is 8.94 Å². The molecule has 1 aliphatic heterocycles. The molecule has 0 aliphatic carbocycles. The van der Waals surface area contributed by atoms with E-state index in [2.05, 4.69) is 25.0 Å². The van der Waals surface area contributed by atoms with Crippen LogP contribution in [0.1, 0.15) is 16.3 Å². The van der Waals surface area contributed by atoms with Gasteiger partial charge in [-0.1, -0.05) is 5.16 Å². The molecule has 30 heavy (non-hydrogen) atoms. The van der Waals surface area contributed by atoms with E-state index >= 15 is 0 Å². The van der Waals surface area contributed by atoms with Crippen LogP contribution >= 0.6 is 0 Å². The number of amides is 1. The van der Waals surface area contributed by atoms with Crippen molar-refractivity contribution >= 4 is 11.7 Å². The monoisotopic (exact) mass is 405 g/mol. The van der Waals surface area contributed by atoms with Crippen LogP contribution in [0.5, 0.6) is 0 Å². The summed E-state index contributed by atoms with van der Waals surface area (Å²) in [7, 11) is 0. The number of piperazine rings is 1. The fourth-order valence-corrected chi connectivity index (χ4v) is 3.44. The van der Waals surface area contributed by atoms with Gasteiger partial charge in [-0.3, -0.25) is 9.36 Å². The lowest BCUT2D eigenvalue weighted by atomic mass is 10.2. The van der Waals surface area contributed by atoms with Crippen LogP contribution in [0.2, 0.25) is 0 Å². The Morgan fingerprint density at radius 2 is 1.90 bits per heavy atom. The Kier molecular flexibility index (Phi) is 4.51. The van der Waals surface area contributed by atoms with Crippen molar-refractivity contribution in [1.29, 1.82) is 0 Å². The van der Waals surface area contributed by atoms with Gasteiger partial charge < -0.3 is 18.7 Å². The zero-order valence-corrected chi connectivity index (χ0v) is 16.3. The Bertz CT molecular complexity index is 1140. The van der Waals surface area contributed by atoms with Crippen molar-refractivity contribution in [3.63, 3.8) is 0 Å². The van der Waals surface area contributed by atoms with Gasteiger partial charge in [-0.15, -0.1) is 0 Å². The molecule has 0 unspecified atom stereocenters. The third-order valence-corrected chi connectivity index (χ3v) is 4.96. The number of rotatable bonds is 4. The van der Waals surface area contributed by atoms with Crippen molar-refractivity contribution in [1.82, 2.24) is 29.6 Å². The zero-order valence-electron chi connectivity index (χ0n) is 16.3. The summed E-state index contributed by atoms with van der Waals surface area (Å²) in [4.78, 5) is 29.8. The largest absolute Gasteiger partial charge is 0.461 e. The molecule has 0 N–H and O–H groups in total. The molecule has 0 atom stereocenters. The van der Waals surface area contributed by atoms with E-state index in [1.54, 1.807) is 41.9 Å². The second-order valence-electron chi connectivity index (χ2n) is 6.93. The van der Waals surface area contributed by atoms with Crippen LogP contribution in [0, 0.1) is 6.92 Å². The maximum absolute atomic E-state index is 12.8. The van der Waals surface area contributed by atoms with Gasteiger partial charge in [0.05, 0.1) is 6.26 Å². The first-order valence-corrected chi connectivity index (χ1v) is 9.56. The quantitative estimate of drug-likeness (QED) is 0.509. The summed E-state index contributed by atoms with van der Waals surface area (Å²) in [6, 6.07) is 7.05. The number of imidazole rings is 1. The standard InChI is InChI=1S/C20H19N7O3/c1-14-22-18(12-19(23-14)27-5-4-21-13-27)25-6-8-26(9-7-25)20(28)15-11-17(30-24-15)16-3-2-10-29-16/h2-5,10-13H,6-9H2,1H3. The highest BCUT2D eigenvalue weighted by Crippen LogP contribution is 2.22. The lowest BCUT2D eigenvalue weighted by Crippen LogP contribution is -2.49. The van der Waals surface area contributed by atoms with Gasteiger partial charge in [-0.25, -0.2) is 15.0 Å². The molecular formula is C20H19N7O3.